The first-order chi connectivity index (χ1) is 10.5. The molecule has 2 aromatic rings. The van der Waals surface area contributed by atoms with Crippen LogP contribution in [0.2, 0.25) is 0 Å². The van der Waals surface area contributed by atoms with Gasteiger partial charge in [-0.05, 0) is 45.7 Å². The summed E-state index contributed by atoms with van der Waals surface area (Å²) < 4.78 is 5.42. The smallest absolute Gasteiger partial charge is 0.138 e. The zero-order valence-corrected chi connectivity index (χ0v) is 14.6. The number of hydrogen-bond acceptors (Lipinski definition) is 6. The van der Waals surface area contributed by atoms with Crippen molar-refractivity contribution in [3.63, 3.8) is 0 Å². The molecule has 0 bridgehead atoms. The van der Waals surface area contributed by atoms with Crippen LogP contribution in [0.25, 0.3) is 10.2 Å². The number of nitrogens with zero attached hydrogens (tertiary/aromatic N) is 2. The maximum atomic E-state index is 5.42. The summed E-state index contributed by atoms with van der Waals surface area (Å²) in [4.78, 5) is 11.6. The minimum Gasteiger partial charge on any atom is -0.383 e. The molecule has 1 saturated heterocycles. The third kappa shape index (κ3) is 2.83. The molecule has 120 valence electrons. The molecule has 1 aliphatic heterocycles. The fourth-order valence-electron chi connectivity index (χ4n) is 3.21. The second-order valence-corrected chi connectivity index (χ2v) is 7.38. The Morgan fingerprint density at radius 3 is 2.82 bits per heavy atom. The summed E-state index contributed by atoms with van der Waals surface area (Å²) >= 11 is 1.74. The van der Waals surface area contributed by atoms with E-state index in [1.807, 2.05) is 6.92 Å². The van der Waals surface area contributed by atoms with E-state index in [1.165, 1.54) is 22.2 Å². The van der Waals surface area contributed by atoms with Crippen molar-refractivity contribution in [1.82, 2.24) is 15.3 Å². The summed E-state index contributed by atoms with van der Waals surface area (Å²) in [6.45, 7) is 8.84. The van der Waals surface area contributed by atoms with E-state index >= 15 is 0 Å². The Bertz CT molecular complexity index is 676. The standard InChI is InChI=1S/C16H24N4OS/c1-10-11(2)22-15-13(10)14(19-12(3)20-15)17-8-16(9-21-4)6-5-7-18-16/h18H,5-9H2,1-4H3,(H,17,19,20). The first kappa shape index (κ1) is 15.6. The Kier molecular flexibility index (Phi) is 4.34. The number of hydrogen-bond donors (Lipinski definition) is 2. The van der Waals surface area contributed by atoms with Crippen molar-refractivity contribution in [2.24, 2.45) is 0 Å². The van der Waals surface area contributed by atoms with Crippen LogP contribution in [0.15, 0.2) is 0 Å². The van der Waals surface area contributed by atoms with Gasteiger partial charge in [-0.3, -0.25) is 0 Å². The molecule has 0 saturated carbocycles. The maximum Gasteiger partial charge on any atom is 0.138 e. The van der Waals surface area contributed by atoms with Gasteiger partial charge in [0.2, 0.25) is 0 Å². The highest BCUT2D eigenvalue weighted by atomic mass is 32.1. The van der Waals surface area contributed by atoms with E-state index < -0.39 is 0 Å². The van der Waals surface area contributed by atoms with Crippen molar-refractivity contribution in [2.45, 2.75) is 39.2 Å². The Morgan fingerprint density at radius 1 is 1.32 bits per heavy atom. The van der Waals surface area contributed by atoms with Gasteiger partial charge in [-0.25, -0.2) is 9.97 Å². The molecular weight excluding hydrogens is 296 g/mol. The molecule has 3 heterocycles. The molecule has 1 aliphatic rings. The maximum absolute atomic E-state index is 5.42. The molecule has 22 heavy (non-hydrogen) atoms. The fourth-order valence-corrected chi connectivity index (χ4v) is 4.28. The molecule has 1 unspecified atom stereocenters. The number of anilines is 1. The van der Waals surface area contributed by atoms with Gasteiger partial charge in [-0.15, -0.1) is 11.3 Å². The number of methoxy groups -OCH3 is 1. The first-order valence-corrected chi connectivity index (χ1v) is 8.58. The summed E-state index contributed by atoms with van der Waals surface area (Å²) in [6, 6.07) is 0. The van der Waals surface area contributed by atoms with Gasteiger partial charge in [-0.1, -0.05) is 0 Å². The average Bonchev–Trinajstić information content (AvgIpc) is 3.03. The van der Waals surface area contributed by atoms with Crippen LogP contribution in [0.3, 0.4) is 0 Å². The van der Waals surface area contributed by atoms with E-state index in [-0.39, 0.29) is 5.54 Å². The van der Waals surface area contributed by atoms with Gasteiger partial charge < -0.3 is 15.4 Å². The van der Waals surface area contributed by atoms with Gasteiger partial charge in [-0.2, -0.15) is 0 Å². The highest BCUT2D eigenvalue weighted by Crippen LogP contribution is 2.33. The van der Waals surface area contributed by atoms with Crippen LogP contribution in [0.5, 0.6) is 0 Å². The summed E-state index contributed by atoms with van der Waals surface area (Å²) in [7, 11) is 1.77. The quantitative estimate of drug-likeness (QED) is 0.887. The molecule has 0 aromatic carbocycles. The lowest BCUT2D eigenvalue weighted by Gasteiger charge is -2.29. The summed E-state index contributed by atoms with van der Waals surface area (Å²) in [6.07, 6.45) is 2.32. The fraction of sp³-hybridized carbons (Fsp3) is 0.625. The second-order valence-electron chi connectivity index (χ2n) is 6.18. The Hall–Kier alpha value is -1.24. The van der Waals surface area contributed by atoms with Gasteiger partial charge in [0.25, 0.3) is 0 Å². The van der Waals surface area contributed by atoms with Crippen LogP contribution in [-0.4, -0.2) is 42.3 Å². The molecule has 2 aromatic heterocycles. The number of nitrogens with one attached hydrogen (secondary N) is 2. The van der Waals surface area contributed by atoms with Crippen molar-refractivity contribution < 1.29 is 4.74 Å². The van der Waals surface area contributed by atoms with Crippen LogP contribution in [0, 0.1) is 20.8 Å². The Morgan fingerprint density at radius 2 is 2.14 bits per heavy atom. The predicted octanol–water partition coefficient (Wildman–Crippen LogP) is 2.80. The molecule has 2 N–H and O–H groups in total. The molecule has 0 spiro atoms. The number of thiophene rings is 1. The normalized spacial score (nSPS) is 21.6. The van der Waals surface area contributed by atoms with E-state index in [2.05, 4.69) is 34.4 Å². The van der Waals surface area contributed by atoms with E-state index in [4.69, 9.17) is 4.74 Å². The van der Waals surface area contributed by atoms with E-state index in [0.717, 1.165) is 42.6 Å². The summed E-state index contributed by atoms with van der Waals surface area (Å²) in [5.41, 5.74) is 1.29. The van der Waals surface area contributed by atoms with Crippen LogP contribution in [0.4, 0.5) is 5.82 Å². The molecule has 0 radical (unpaired) electrons. The number of fused-ring (bicyclic) bond motifs is 1. The third-order valence-electron chi connectivity index (χ3n) is 4.49. The minimum absolute atomic E-state index is 0.0128. The highest BCUT2D eigenvalue weighted by molar-refractivity contribution is 7.18. The zero-order valence-electron chi connectivity index (χ0n) is 13.7. The first-order valence-electron chi connectivity index (χ1n) is 7.77. The van der Waals surface area contributed by atoms with Crippen LogP contribution in [-0.2, 0) is 4.74 Å². The zero-order chi connectivity index (χ0) is 15.7. The molecule has 5 nitrogen and oxygen atoms in total. The average molecular weight is 320 g/mol. The van der Waals surface area contributed by atoms with Gasteiger partial charge in [0.05, 0.1) is 17.5 Å². The summed E-state index contributed by atoms with van der Waals surface area (Å²) in [5, 5.41) is 8.32. The van der Waals surface area contributed by atoms with Gasteiger partial charge in [0, 0.05) is 18.5 Å². The molecule has 6 heteroatoms. The van der Waals surface area contributed by atoms with Gasteiger partial charge >= 0.3 is 0 Å². The monoisotopic (exact) mass is 320 g/mol. The number of rotatable bonds is 5. The van der Waals surface area contributed by atoms with Crippen molar-refractivity contribution in [1.29, 1.82) is 0 Å². The largest absolute Gasteiger partial charge is 0.383 e. The van der Waals surface area contributed by atoms with Crippen molar-refractivity contribution in [3.8, 4) is 0 Å². The number of aryl methyl sites for hydroxylation is 3. The third-order valence-corrected chi connectivity index (χ3v) is 5.59. The van der Waals surface area contributed by atoms with Crippen LogP contribution in [0.1, 0.15) is 29.1 Å². The van der Waals surface area contributed by atoms with Crippen LogP contribution < -0.4 is 10.6 Å². The van der Waals surface area contributed by atoms with Gasteiger partial charge in [0.1, 0.15) is 16.5 Å². The second kappa shape index (κ2) is 6.10. The van der Waals surface area contributed by atoms with Crippen LogP contribution >= 0.6 is 11.3 Å². The highest BCUT2D eigenvalue weighted by Gasteiger charge is 2.33. The summed E-state index contributed by atoms with van der Waals surface area (Å²) in [5.74, 6) is 1.77. The van der Waals surface area contributed by atoms with E-state index in [1.54, 1.807) is 18.4 Å². The Balaban J connectivity index is 1.90. The van der Waals surface area contributed by atoms with Gasteiger partial charge in [0.15, 0.2) is 0 Å². The van der Waals surface area contributed by atoms with E-state index in [0.29, 0.717) is 0 Å². The molecule has 1 atom stereocenters. The lowest BCUT2D eigenvalue weighted by Crippen LogP contribution is -2.49. The lowest BCUT2D eigenvalue weighted by atomic mass is 9.98. The van der Waals surface area contributed by atoms with E-state index in [9.17, 15) is 0 Å². The van der Waals surface area contributed by atoms with Crippen molar-refractivity contribution in [2.75, 3.05) is 32.1 Å². The Labute approximate surface area is 135 Å². The predicted molar refractivity (Wildman–Crippen MR) is 92.0 cm³/mol. The topological polar surface area (TPSA) is 59.1 Å². The molecular formula is C16H24N4OS. The molecule has 0 amide bonds. The SMILES string of the molecule is COCC1(CNc2nc(C)nc3sc(C)c(C)c23)CCCN1. The minimum atomic E-state index is 0.0128. The van der Waals surface area contributed by atoms with Crippen molar-refractivity contribution in [3.05, 3.63) is 16.3 Å². The molecule has 1 fully saturated rings. The van der Waals surface area contributed by atoms with Crippen molar-refractivity contribution >= 4 is 27.4 Å². The lowest BCUT2D eigenvalue weighted by molar-refractivity contribution is 0.127. The molecule has 3 rings (SSSR count). The number of aromatic nitrogens is 2. The number of ether oxygens (including phenoxy) is 1. The molecule has 0 aliphatic carbocycles.